The molecule has 0 radical (unpaired) electrons. The smallest absolute Gasteiger partial charge is 0.330 e. The SMILES string of the molecule is O=C(CCOCC1CC1)N[C@H](C(=O)O)c1ccccc1. The molecule has 1 fully saturated rings. The normalized spacial score (nSPS) is 15.6. The number of carboxylic acid groups (broad SMARTS) is 1. The van der Waals surface area contributed by atoms with E-state index in [0.29, 0.717) is 24.7 Å². The lowest BCUT2D eigenvalue weighted by Crippen LogP contribution is -2.34. The quantitative estimate of drug-likeness (QED) is 0.710. The highest BCUT2D eigenvalue weighted by Crippen LogP contribution is 2.28. The van der Waals surface area contributed by atoms with E-state index in [1.54, 1.807) is 30.3 Å². The maximum atomic E-state index is 11.7. The van der Waals surface area contributed by atoms with Crippen LogP contribution < -0.4 is 5.32 Å². The summed E-state index contributed by atoms with van der Waals surface area (Å²) in [6.07, 6.45) is 2.60. The van der Waals surface area contributed by atoms with Crippen molar-refractivity contribution >= 4 is 11.9 Å². The van der Waals surface area contributed by atoms with E-state index in [2.05, 4.69) is 5.32 Å². The Balaban J connectivity index is 1.78. The summed E-state index contributed by atoms with van der Waals surface area (Å²) in [7, 11) is 0. The number of nitrogens with one attached hydrogen (secondary N) is 1. The Morgan fingerprint density at radius 2 is 2.00 bits per heavy atom. The molecular weight excluding hydrogens is 258 g/mol. The van der Waals surface area contributed by atoms with Crippen molar-refractivity contribution in [1.82, 2.24) is 5.32 Å². The monoisotopic (exact) mass is 277 g/mol. The zero-order valence-electron chi connectivity index (χ0n) is 11.2. The lowest BCUT2D eigenvalue weighted by Gasteiger charge is -2.14. The zero-order valence-corrected chi connectivity index (χ0v) is 11.2. The molecule has 108 valence electrons. The molecule has 1 aromatic rings. The van der Waals surface area contributed by atoms with E-state index in [4.69, 9.17) is 4.74 Å². The van der Waals surface area contributed by atoms with Crippen molar-refractivity contribution in [2.45, 2.75) is 25.3 Å². The Hall–Kier alpha value is -1.88. The molecule has 0 heterocycles. The molecule has 0 aromatic heterocycles. The number of aliphatic carboxylic acids is 1. The highest BCUT2D eigenvalue weighted by atomic mass is 16.5. The molecule has 0 unspecified atom stereocenters. The largest absolute Gasteiger partial charge is 0.479 e. The molecule has 5 heteroatoms. The second kappa shape index (κ2) is 7.05. The van der Waals surface area contributed by atoms with Gasteiger partial charge in [0.25, 0.3) is 0 Å². The van der Waals surface area contributed by atoms with Crippen molar-refractivity contribution in [3.8, 4) is 0 Å². The number of rotatable bonds is 8. The molecule has 0 spiro atoms. The molecule has 5 nitrogen and oxygen atoms in total. The van der Waals surface area contributed by atoms with E-state index in [-0.39, 0.29) is 12.3 Å². The fourth-order valence-electron chi connectivity index (χ4n) is 1.87. The van der Waals surface area contributed by atoms with Crippen molar-refractivity contribution in [3.63, 3.8) is 0 Å². The van der Waals surface area contributed by atoms with Crippen molar-refractivity contribution < 1.29 is 19.4 Å². The molecule has 20 heavy (non-hydrogen) atoms. The summed E-state index contributed by atoms with van der Waals surface area (Å²) in [5, 5.41) is 11.7. The number of carboxylic acids is 1. The van der Waals surface area contributed by atoms with Crippen molar-refractivity contribution in [2.75, 3.05) is 13.2 Å². The fourth-order valence-corrected chi connectivity index (χ4v) is 1.87. The van der Waals surface area contributed by atoms with Gasteiger partial charge in [0.1, 0.15) is 0 Å². The van der Waals surface area contributed by atoms with Gasteiger partial charge in [-0.15, -0.1) is 0 Å². The summed E-state index contributed by atoms with van der Waals surface area (Å²) in [4.78, 5) is 23.0. The summed E-state index contributed by atoms with van der Waals surface area (Å²) >= 11 is 0. The van der Waals surface area contributed by atoms with E-state index in [0.717, 1.165) is 0 Å². The van der Waals surface area contributed by atoms with Crippen LogP contribution in [0.3, 0.4) is 0 Å². The van der Waals surface area contributed by atoms with Crippen LogP contribution in [0.4, 0.5) is 0 Å². The van der Waals surface area contributed by atoms with Gasteiger partial charge in [-0.25, -0.2) is 4.79 Å². The highest BCUT2D eigenvalue weighted by molar-refractivity contribution is 5.84. The van der Waals surface area contributed by atoms with E-state index >= 15 is 0 Å². The van der Waals surface area contributed by atoms with Crippen LogP contribution >= 0.6 is 0 Å². The van der Waals surface area contributed by atoms with Crippen LogP contribution in [-0.4, -0.2) is 30.2 Å². The lowest BCUT2D eigenvalue weighted by atomic mass is 10.1. The Morgan fingerprint density at radius 1 is 1.30 bits per heavy atom. The number of amides is 1. The van der Waals surface area contributed by atoms with Crippen molar-refractivity contribution in [3.05, 3.63) is 35.9 Å². The van der Waals surface area contributed by atoms with Gasteiger partial charge in [-0.05, 0) is 24.3 Å². The topological polar surface area (TPSA) is 75.6 Å². The third-order valence-corrected chi connectivity index (χ3v) is 3.21. The van der Waals surface area contributed by atoms with Crippen molar-refractivity contribution in [2.24, 2.45) is 5.92 Å². The van der Waals surface area contributed by atoms with Gasteiger partial charge in [0.2, 0.25) is 5.91 Å². The predicted octanol–water partition coefficient (Wildman–Crippen LogP) is 1.75. The average molecular weight is 277 g/mol. The Bertz CT molecular complexity index is 456. The minimum atomic E-state index is -1.07. The Labute approximate surface area is 117 Å². The van der Waals surface area contributed by atoms with Crippen molar-refractivity contribution in [1.29, 1.82) is 0 Å². The maximum absolute atomic E-state index is 11.7. The summed E-state index contributed by atoms with van der Waals surface area (Å²) < 4.78 is 5.37. The highest BCUT2D eigenvalue weighted by Gasteiger charge is 2.23. The third-order valence-electron chi connectivity index (χ3n) is 3.21. The molecule has 2 rings (SSSR count). The lowest BCUT2D eigenvalue weighted by molar-refractivity contribution is -0.142. The molecule has 1 atom stereocenters. The molecule has 1 amide bonds. The number of carbonyl (C=O) groups is 2. The van der Waals surface area contributed by atoms with E-state index < -0.39 is 12.0 Å². The van der Waals surface area contributed by atoms with Crippen LogP contribution in [0.25, 0.3) is 0 Å². The fraction of sp³-hybridized carbons (Fsp3) is 0.467. The van der Waals surface area contributed by atoms with Gasteiger partial charge < -0.3 is 15.2 Å². The maximum Gasteiger partial charge on any atom is 0.330 e. The van der Waals surface area contributed by atoms with Gasteiger partial charge in [-0.3, -0.25) is 4.79 Å². The minimum absolute atomic E-state index is 0.184. The van der Waals surface area contributed by atoms with Crippen LogP contribution in [0.15, 0.2) is 30.3 Å². The average Bonchev–Trinajstić information content (AvgIpc) is 3.26. The summed E-state index contributed by atoms with van der Waals surface area (Å²) in [6.45, 7) is 1.04. The summed E-state index contributed by atoms with van der Waals surface area (Å²) in [5.74, 6) is -0.713. The number of hydrogen-bond donors (Lipinski definition) is 2. The zero-order chi connectivity index (χ0) is 14.4. The van der Waals surface area contributed by atoms with Crippen LogP contribution in [0.5, 0.6) is 0 Å². The molecule has 2 N–H and O–H groups in total. The first-order chi connectivity index (χ1) is 9.66. The minimum Gasteiger partial charge on any atom is -0.479 e. The van der Waals surface area contributed by atoms with Crippen LogP contribution in [0.2, 0.25) is 0 Å². The molecule has 0 saturated heterocycles. The van der Waals surface area contributed by atoms with E-state index in [1.165, 1.54) is 12.8 Å². The number of carbonyl (C=O) groups excluding carboxylic acids is 1. The van der Waals surface area contributed by atoms with Gasteiger partial charge in [0, 0.05) is 13.0 Å². The molecule has 1 aliphatic carbocycles. The Morgan fingerprint density at radius 3 is 2.60 bits per heavy atom. The number of ether oxygens (including phenoxy) is 1. The predicted molar refractivity (Wildman–Crippen MR) is 73.1 cm³/mol. The number of benzene rings is 1. The van der Waals surface area contributed by atoms with E-state index in [1.807, 2.05) is 0 Å². The molecule has 0 bridgehead atoms. The van der Waals surface area contributed by atoms with Crippen LogP contribution in [0, 0.1) is 5.92 Å². The first-order valence-corrected chi connectivity index (χ1v) is 6.81. The van der Waals surface area contributed by atoms with Gasteiger partial charge in [0.05, 0.1) is 6.61 Å². The Kier molecular flexibility index (Phi) is 5.12. The first kappa shape index (κ1) is 14.5. The molecule has 0 aliphatic heterocycles. The second-order valence-corrected chi connectivity index (χ2v) is 5.02. The summed E-state index contributed by atoms with van der Waals surface area (Å²) in [5.41, 5.74) is 0.562. The molecule has 1 aromatic carbocycles. The summed E-state index contributed by atoms with van der Waals surface area (Å²) in [6, 6.07) is 7.65. The number of hydrogen-bond acceptors (Lipinski definition) is 3. The van der Waals surface area contributed by atoms with Gasteiger partial charge >= 0.3 is 5.97 Å². The van der Waals surface area contributed by atoms with Gasteiger partial charge in [0.15, 0.2) is 6.04 Å². The standard InChI is InChI=1S/C15H19NO4/c17-13(8-9-20-10-11-6-7-11)16-14(15(18)19)12-4-2-1-3-5-12/h1-5,11,14H,6-10H2,(H,16,17)(H,18,19)/t14-/m0/s1. The van der Waals surface area contributed by atoms with E-state index in [9.17, 15) is 14.7 Å². The third kappa shape index (κ3) is 4.66. The second-order valence-electron chi connectivity index (χ2n) is 5.02. The first-order valence-electron chi connectivity index (χ1n) is 6.81. The van der Waals surface area contributed by atoms with Gasteiger partial charge in [-0.1, -0.05) is 30.3 Å². The van der Waals surface area contributed by atoms with Crippen LogP contribution in [0.1, 0.15) is 30.9 Å². The van der Waals surface area contributed by atoms with Gasteiger partial charge in [-0.2, -0.15) is 0 Å². The molecular formula is C15H19NO4. The van der Waals surface area contributed by atoms with Crippen LogP contribution in [-0.2, 0) is 14.3 Å². The molecule has 1 saturated carbocycles. The molecule has 1 aliphatic rings.